The number of aromatic nitrogens is 4. The molecule has 0 saturated carbocycles. The molecule has 3 aromatic heterocycles. The Morgan fingerprint density at radius 3 is 2.81 bits per heavy atom. The van der Waals surface area contributed by atoms with E-state index in [0.29, 0.717) is 6.54 Å². The molecule has 7 nitrogen and oxygen atoms in total. The number of aliphatic carboxylic acids is 1. The number of carbonyl (C=O) groups is 1. The zero-order chi connectivity index (χ0) is 18.6. The summed E-state index contributed by atoms with van der Waals surface area (Å²) in [6.07, 6.45) is 8.12. The van der Waals surface area contributed by atoms with Crippen LogP contribution >= 0.6 is 11.3 Å². The van der Waals surface area contributed by atoms with Crippen molar-refractivity contribution in [2.45, 2.75) is 6.54 Å². The summed E-state index contributed by atoms with van der Waals surface area (Å²) in [5, 5.41) is 17.3. The quantitative estimate of drug-likeness (QED) is 0.499. The van der Waals surface area contributed by atoms with Gasteiger partial charge in [-0.25, -0.2) is 14.3 Å². The van der Waals surface area contributed by atoms with Gasteiger partial charge in [0, 0.05) is 30.6 Å². The highest BCUT2D eigenvalue weighted by atomic mass is 32.1. The summed E-state index contributed by atoms with van der Waals surface area (Å²) in [5.74, 6) is -0.965. The molecular formula is C19H15N5O2S. The molecule has 0 bridgehead atoms. The molecule has 1 aromatic carbocycles. The number of hydrogen-bond donors (Lipinski definition) is 2. The summed E-state index contributed by atoms with van der Waals surface area (Å²) >= 11 is 1.48. The second-order valence-corrected chi connectivity index (χ2v) is 6.72. The molecule has 27 heavy (non-hydrogen) atoms. The van der Waals surface area contributed by atoms with Crippen LogP contribution in [-0.4, -0.2) is 30.7 Å². The number of benzene rings is 1. The van der Waals surface area contributed by atoms with Gasteiger partial charge < -0.3 is 10.4 Å². The third-order valence-electron chi connectivity index (χ3n) is 3.83. The van der Waals surface area contributed by atoms with Gasteiger partial charge in [0.1, 0.15) is 0 Å². The maximum absolute atomic E-state index is 10.6. The summed E-state index contributed by atoms with van der Waals surface area (Å²) in [7, 11) is 0. The predicted octanol–water partition coefficient (Wildman–Crippen LogP) is 3.56. The summed E-state index contributed by atoms with van der Waals surface area (Å²) in [6, 6.07) is 11.4. The number of hydrogen-bond acceptors (Lipinski definition) is 6. The zero-order valence-electron chi connectivity index (χ0n) is 14.1. The summed E-state index contributed by atoms with van der Waals surface area (Å²) < 4.78 is 1.75. The van der Waals surface area contributed by atoms with Crippen LogP contribution in [0.2, 0.25) is 0 Å². The van der Waals surface area contributed by atoms with E-state index < -0.39 is 5.97 Å². The molecule has 0 atom stereocenters. The fourth-order valence-electron chi connectivity index (χ4n) is 2.52. The first-order valence-corrected chi connectivity index (χ1v) is 8.99. The van der Waals surface area contributed by atoms with E-state index >= 15 is 0 Å². The van der Waals surface area contributed by atoms with Crippen LogP contribution in [0, 0.1) is 0 Å². The van der Waals surface area contributed by atoms with Crippen molar-refractivity contribution in [1.82, 2.24) is 19.6 Å². The topological polar surface area (TPSA) is 92.4 Å². The predicted molar refractivity (Wildman–Crippen MR) is 105 cm³/mol. The number of carboxylic acid groups (broad SMARTS) is 1. The van der Waals surface area contributed by atoms with E-state index in [-0.39, 0.29) is 0 Å². The van der Waals surface area contributed by atoms with Gasteiger partial charge in [0.15, 0.2) is 0 Å². The lowest BCUT2D eigenvalue weighted by Gasteiger charge is -2.00. The smallest absolute Gasteiger partial charge is 0.328 e. The molecule has 4 rings (SSSR count). The molecule has 3 heterocycles. The van der Waals surface area contributed by atoms with Crippen molar-refractivity contribution in [3.8, 4) is 11.3 Å². The lowest BCUT2D eigenvalue weighted by Crippen LogP contribution is -1.99. The fourth-order valence-corrected chi connectivity index (χ4v) is 3.30. The van der Waals surface area contributed by atoms with Crippen LogP contribution in [0.3, 0.4) is 0 Å². The van der Waals surface area contributed by atoms with Gasteiger partial charge in [0.05, 0.1) is 11.9 Å². The van der Waals surface area contributed by atoms with Gasteiger partial charge in [0.2, 0.25) is 10.1 Å². The Hall–Kier alpha value is -3.52. The summed E-state index contributed by atoms with van der Waals surface area (Å²) in [5.41, 5.74) is 3.68. The highest BCUT2D eigenvalue weighted by molar-refractivity contribution is 7.20. The van der Waals surface area contributed by atoms with E-state index in [1.54, 1.807) is 16.8 Å². The summed E-state index contributed by atoms with van der Waals surface area (Å²) in [6.45, 7) is 0.655. The number of pyridine rings is 1. The van der Waals surface area contributed by atoms with Crippen LogP contribution in [-0.2, 0) is 11.3 Å². The Labute approximate surface area is 158 Å². The van der Waals surface area contributed by atoms with E-state index in [9.17, 15) is 4.79 Å². The number of nitrogens with one attached hydrogen (secondary N) is 1. The first-order valence-electron chi connectivity index (χ1n) is 8.18. The average Bonchev–Trinajstić information content (AvgIpc) is 3.25. The normalized spacial score (nSPS) is 11.3. The molecule has 2 N–H and O–H groups in total. The number of fused-ring (bicyclic) bond motifs is 1. The van der Waals surface area contributed by atoms with E-state index in [0.717, 1.165) is 38.6 Å². The second-order valence-electron chi connectivity index (χ2n) is 5.77. The van der Waals surface area contributed by atoms with Gasteiger partial charge in [-0.3, -0.25) is 4.98 Å². The van der Waals surface area contributed by atoms with Crippen LogP contribution in [0.5, 0.6) is 0 Å². The van der Waals surface area contributed by atoms with Crippen LogP contribution in [0.4, 0.5) is 5.13 Å². The molecule has 0 aliphatic carbocycles. The molecule has 0 radical (unpaired) electrons. The molecule has 4 aromatic rings. The van der Waals surface area contributed by atoms with Gasteiger partial charge >= 0.3 is 5.97 Å². The lowest BCUT2D eigenvalue weighted by atomic mass is 10.1. The molecule has 8 heteroatoms. The van der Waals surface area contributed by atoms with Gasteiger partial charge in [-0.15, -0.1) is 5.10 Å². The van der Waals surface area contributed by atoms with Crippen molar-refractivity contribution in [2.75, 3.05) is 5.32 Å². The monoisotopic (exact) mass is 377 g/mol. The fraction of sp³-hybridized carbons (Fsp3) is 0.0526. The van der Waals surface area contributed by atoms with Crippen LogP contribution in [0.15, 0.2) is 61.1 Å². The Morgan fingerprint density at radius 1 is 1.26 bits per heavy atom. The average molecular weight is 377 g/mol. The van der Waals surface area contributed by atoms with Crippen molar-refractivity contribution < 1.29 is 9.90 Å². The molecule has 0 aliphatic rings. The van der Waals surface area contributed by atoms with E-state index in [1.165, 1.54) is 11.3 Å². The van der Waals surface area contributed by atoms with Crippen LogP contribution in [0.25, 0.3) is 22.3 Å². The zero-order valence-corrected chi connectivity index (χ0v) is 14.9. The Balaban J connectivity index is 1.48. The van der Waals surface area contributed by atoms with Gasteiger partial charge in [-0.2, -0.15) is 0 Å². The maximum Gasteiger partial charge on any atom is 0.328 e. The number of carboxylic acids is 1. The third kappa shape index (κ3) is 4.01. The standard InChI is InChI=1S/C19H15N5O2S/c25-17(26)8-5-13-3-6-15(7-4-13)16-12-24-19(22-16)27-18(23-24)21-11-14-2-1-9-20-10-14/h1-10,12H,11H2,(H,21,23)(H,25,26)/b8-5+. The molecule has 0 spiro atoms. The Kier molecular flexibility index (Phi) is 4.63. The minimum atomic E-state index is -0.965. The molecule has 0 amide bonds. The van der Waals surface area contributed by atoms with E-state index in [2.05, 4.69) is 20.4 Å². The molecule has 0 unspecified atom stereocenters. The number of imidazole rings is 1. The van der Waals surface area contributed by atoms with Crippen molar-refractivity contribution in [2.24, 2.45) is 0 Å². The first kappa shape index (κ1) is 16.9. The second kappa shape index (κ2) is 7.38. The number of rotatable bonds is 6. The molecule has 0 aliphatic heterocycles. The molecule has 0 fully saturated rings. The molecular weight excluding hydrogens is 362 g/mol. The van der Waals surface area contributed by atoms with Crippen molar-refractivity contribution >= 4 is 33.5 Å². The van der Waals surface area contributed by atoms with Gasteiger partial charge in [-0.1, -0.05) is 41.7 Å². The van der Waals surface area contributed by atoms with Crippen molar-refractivity contribution in [1.29, 1.82) is 0 Å². The van der Waals surface area contributed by atoms with Gasteiger partial charge in [-0.05, 0) is 23.3 Å². The van der Waals surface area contributed by atoms with Crippen molar-refractivity contribution in [3.05, 3.63) is 72.2 Å². The minimum Gasteiger partial charge on any atom is -0.478 e. The molecule has 0 saturated heterocycles. The highest BCUT2D eigenvalue weighted by Gasteiger charge is 2.09. The largest absolute Gasteiger partial charge is 0.478 e. The van der Waals surface area contributed by atoms with Crippen molar-refractivity contribution in [3.63, 3.8) is 0 Å². The number of anilines is 1. The number of nitrogens with zero attached hydrogens (tertiary/aromatic N) is 4. The van der Waals surface area contributed by atoms with Crippen LogP contribution < -0.4 is 5.32 Å². The highest BCUT2D eigenvalue weighted by Crippen LogP contribution is 2.25. The lowest BCUT2D eigenvalue weighted by molar-refractivity contribution is -0.131. The van der Waals surface area contributed by atoms with Gasteiger partial charge in [0.25, 0.3) is 0 Å². The Morgan fingerprint density at radius 2 is 2.11 bits per heavy atom. The molecule has 134 valence electrons. The maximum atomic E-state index is 10.6. The Bertz CT molecular complexity index is 1070. The third-order valence-corrected chi connectivity index (χ3v) is 4.71. The summed E-state index contributed by atoms with van der Waals surface area (Å²) in [4.78, 5) is 20.1. The SMILES string of the molecule is O=C(O)/C=C/c1ccc(-c2cn3nc(NCc4cccnc4)sc3n2)cc1. The first-order chi connectivity index (χ1) is 13.2. The van der Waals surface area contributed by atoms with E-state index in [4.69, 9.17) is 5.11 Å². The minimum absolute atomic E-state index is 0.655. The van der Waals surface area contributed by atoms with Crippen LogP contribution in [0.1, 0.15) is 11.1 Å². The van der Waals surface area contributed by atoms with E-state index in [1.807, 2.05) is 48.8 Å².